The summed E-state index contributed by atoms with van der Waals surface area (Å²) in [4.78, 5) is 27.6. The van der Waals surface area contributed by atoms with E-state index in [0.29, 0.717) is 25.4 Å². The van der Waals surface area contributed by atoms with Gasteiger partial charge in [0, 0.05) is 10.9 Å². The first kappa shape index (κ1) is 23.2. The van der Waals surface area contributed by atoms with Crippen molar-refractivity contribution in [2.24, 2.45) is 0 Å². The van der Waals surface area contributed by atoms with Crippen LogP contribution in [-0.4, -0.2) is 42.5 Å². The van der Waals surface area contributed by atoms with Crippen molar-refractivity contribution in [3.8, 4) is 17.0 Å². The third-order valence-electron chi connectivity index (χ3n) is 3.46. The molecule has 0 spiro atoms. The van der Waals surface area contributed by atoms with Crippen LogP contribution < -0.4 is 15.4 Å². The van der Waals surface area contributed by atoms with Crippen LogP contribution in [0.25, 0.3) is 11.3 Å². The van der Waals surface area contributed by atoms with Gasteiger partial charge in [0.25, 0.3) is 0 Å². The number of carbonyl (C=O) groups is 2. The van der Waals surface area contributed by atoms with Gasteiger partial charge in [-0.15, -0.1) is 11.3 Å². The molecule has 1 aromatic carbocycles. The molecule has 2 N–H and O–H groups in total. The lowest BCUT2D eigenvalue weighted by atomic mass is 10.2. The zero-order chi connectivity index (χ0) is 22.0. The van der Waals surface area contributed by atoms with Crippen LogP contribution in [0.3, 0.4) is 0 Å². The fourth-order valence-electron chi connectivity index (χ4n) is 2.22. The van der Waals surface area contributed by atoms with E-state index in [0.717, 1.165) is 16.3 Å². The van der Waals surface area contributed by atoms with E-state index in [1.807, 2.05) is 50.4 Å². The van der Waals surface area contributed by atoms with Crippen molar-refractivity contribution < 1.29 is 23.8 Å². The van der Waals surface area contributed by atoms with E-state index in [-0.39, 0.29) is 6.61 Å². The van der Waals surface area contributed by atoms with Crippen molar-refractivity contribution >= 4 is 23.5 Å². The summed E-state index contributed by atoms with van der Waals surface area (Å²) < 4.78 is 15.6. The molecule has 1 aromatic heterocycles. The topological polar surface area (TPSA) is 98.8 Å². The molecule has 0 saturated heterocycles. The lowest BCUT2D eigenvalue weighted by Gasteiger charge is -2.19. The summed E-state index contributed by atoms with van der Waals surface area (Å²) >= 11 is 1.46. The molecule has 0 atom stereocenters. The molecule has 0 aliphatic rings. The van der Waals surface area contributed by atoms with Gasteiger partial charge < -0.3 is 24.8 Å². The average molecular weight is 434 g/mol. The first-order valence-corrected chi connectivity index (χ1v) is 10.3. The number of thiazole rings is 1. The Bertz CT molecular complexity index is 843. The van der Waals surface area contributed by atoms with Crippen LogP contribution in [0.2, 0.25) is 0 Å². The van der Waals surface area contributed by atoms with Gasteiger partial charge in [-0.25, -0.2) is 14.6 Å². The average Bonchev–Trinajstić information content (AvgIpc) is 3.16. The van der Waals surface area contributed by atoms with Gasteiger partial charge in [0.15, 0.2) is 0 Å². The highest BCUT2D eigenvalue weighted by Crippen LogP contribution is 2.24. The highest BCUT2D eigenvalue weighted by atomic mass is 32.1. The number of nitrogens with zero attached hydrogens (tertiary/aromatic N) is 1. The summed E-state index contributed by atoms with van der Waals surface area (Å²) in [7, 11) is 0. The number of nitrogens with one attached hydrogen (secondary N) is 2. The molecule has 0 unspecified atom stereocenters. The fraction of sp³-hybridized carbons (Fsp3) is 0.381. The van der Waals surface area contributed by atoms with E-state index >= 15 is 0 Å². The maximum atomic E-state index is 11.7. The van der Waals surface area contributed by atoms with Crippen molar-refractivity contribution in [2.75, 3.05) is 19.8 Å². The third-order valence-corrected chi connectivity index (χ3v) is 4.31. The fourth-order valence-corrected chi connectivity index (χ4v) is 2.96. The SMILES string of the molecule is C=CCOC(=O)NCCOc1ccc(-c2csc(CNC(=O)OC(C)(C)C)n2)cc1. The molecule has 0 aliphatic heterocycles. The van der Waals surface area contributed by atoms with Gasteiger partial charge >= 0.3 is 12.2 Å². The van der Waals surface area contributed by atoms with Crippen LogP contribution >= 0.6 is 11.3 Å². The Labute approximate surface area is 180 Å². The number of hydrogen-bond acceptors (Lipinski definition) is 7. The van der Waals surface area contributed by atoms with Crippen LogP contribution in [-0.2, 0) is 16.0 Å². The van der Waals surface area contributed by atoms with Crippen molar-refractivity contribution in [1.29, 1.82) is 0 Å². The van der Waals surface area contributed by atoms with Crippen LogP contribution in [0.15, 0.2) is 42.3 Å². The molecular weight excluding hydrogens is 406 g/mol. The van der Waals surface area contributed by atoms with E-state index in [1.54, 1.807) is 0 Å². The molecule has 0 fully saturated rings. The number of benzene rings is 1. The molecular formula is C21H27N3O5S. The van der Waals surface area contributed by atoms with Gasteiger partial charge in [0.05, 0.1) is 18.8 Å². The Hall–Kier alpha value is -3.07. The van der Waals surface area contributed by atoms with E-state index in [4.69, 9.17) is 14.2 Å². The quantitative estimate of drug-likeness (QED) is 0.456. The second-order valence-corrected chi connectivity index (χ2v) is 8.11. The molecule has 0 saturated carbocycles. The second-order valence-electron chi connectivity index (χ2n) is 7.17. The summed E-state index contributed by atoms with van der Waals surface area (Å²) in [5, 5.41) is 7.99. The van der Waals surface area contributed by atoms with Crippen LogP contribution in [0.1, 0.15) is 25.8 Å². The molecule has 162 valence electrons. The molecule has 8 nitrogen and oxygen atoms in total. The van der Waals surface area contributed by atoms with Gasteiger partial charge in [-0.1, -0.05) is 12.7 Å². The highest BCUT2D eigenvalue weighted by molar-refractivity contribution is 7.09. The summed E-state index contributed by atoms with van der Waals surface area (Å²) in [6.45, 7) is 10.0. The standard InChI is InChI=1S/C21H27N3O5S/c1-5-11-28-19(25)22-10-12-27-16-8-6-15(7-9-16)17-14-30-18(24-17)13-23-20(26)29-21(2,3)4/h5-9,14H,1,10-13H2,2-4H3,(H,22,25)(H,23,26). The Morgan fingerprint density at radius 3 is 2.57 bits per heavy atom. The Morgan fingerprint density at radius 2 is 1.90 bits per heavy atom. The predicted octanol–water partition coefficient (Wildman–Crippen LogP) is 4.13. The summed E-state index contributed by atoms with van der Waals surface area (Å²) in [5.41, 5.74) is 1.22. The minimum Gasteiger partial charge on any atom is -0.492 e. The molecule has 2 rings (SSSR count). The van der Waals surface area contributed by atoms with E-state index in [9.17, 15) is 9.59 Å². The lowest BCUT2D eigenvalue weighted by Crippen LogP contribution is -2.32. The second kappa shape index (κ2) is 11.2. The smallest absolute Gasteiger partial charge is 0.408 e. The monoisotopic (exact) mass is 433 g/mol. The first-order valence-electron chi connectivity index (χ1n) is 9.43. The number of amides is 2. The summed E-state index contributed by atoms with van der Waals surface area (Å²) in [6, 6.07) is 7.48. The molecule has 0 aliphatic carbocycles. The highest BCUT2D eigenvalue weighted by Gasteiger charge is 2.16. The van der Waals surface area contributed by atoms with E-state index in [2.05, 4.69) is 22.2 Å². The molecule has 30 heavy (non-hydrogen) atoms. The first-order chi connectivity index (χ1) is 14.3. The van der Waals surface area contributed by atoms with E-state index < -0.39 is 17.8 Å². The number of aromatic nitrogens is 1. The number of ether oxygens (including phenoxy) is 3. The normalized spacial score (nSPS) is 10.8. The van der Waals surface area contributed by atoms with E-state index in [1.165, 1.54) is 17.4 Å². The molecule has 0 radical (unpaired) electrons. The minimum atomic E-state index is -0.535. The minimum absolute atomic E-state index is 0.170. The van der Waals surface area contributed by atoms with Crippen LogP contribution in [0.4, 0.5) is 9.59 Å². The van der Waals surface area contributed by atoms with Gasteiger partial charge in [-0.2, -0.15) is 0 Å². The number of rotatable bonds is 9. The van der Waals surface area contributed by atoms with Crippen molar-refractivity contribution in [1.82, 2.24) is 15.6 Å². The molecule has 2 amide bonds. The zero-order valence-corrected chi connectivity index (χ0v) is 18.2. The molecule has 9 heteroatoms. The van der Waals surface area contributed by atoms with Gasteiger partial charge in [-0.3, -0.25) is 0 Å². The maximum absolute atomic E-state index is 11.7. The molecule has 1 heterocycles. The number of alkyl carbamates (subject to hydrolysis) is 2. The van der Waals surface area contributed by atoms with Crippen LogP contribution in [0.5, 0.6) is 5.75 Å². The van der Waals surface area contributed by atoms with Crippen molar-refractivity contribution in [2.45, 2.75) is 32.9 Å². The number of carbonyl (C=O) groups excluding carboxylic acids is 2. The number of hydrogen-bond donors (Lipinski definition) is 2. The Balaban J connectivity index is 1.77. The van der Waals surface area contributed by atoms with Crippen LogP contribution in [0, 0.1) is 0 Å². The van der Waals surface area contributed by atoms with Gasteiger partial charge in [-0.05, 0) is 45.0 Å². The molecule has 2 aromatic rings. The summed E-state index contributed by atoms with van der Waals surface area (Å²) in [5.74, 6) is 0.682. The third kappa shape index (κ3) is 8.52. The lowest BCUT2D eigenvalue weighted by molar-refractivity contribution is 0.0523. The van der Waals surface area contributed by atoms with Crippen molar-refractivity contribution in [3.05, 3.63) is 47.3 Å². The zero-order valence-electron chi connectivity index (χ0n) is 17.4. The Morgan fingerprint density at radius 1 is 1.17 bits per heavy atom. The van der Waals surface area contributed by atoms with Gasteiger partial charge in [0.2, 0.25) is 0 Å². The Kier molecular flexibility index (Phi) is 8.67. The summed E-state index contributed by atoms with van der Waals surface area (Å²) in [6.07, 6.45) is 0.527. The molecule has 0 bridgehead atoms. The predicted molar refractivity (Wildman–Crippen MR) is 116 cm³/mol. The maximum Gasteiger partial charge on any atom is 0.408 e. The largest absolute Gasteiger partial charge is 0.492 e. The van der Waals surface area contributed by atoms with Gasteiger partial charge in [0.1, 0.15) is 29.6 Å². The van der Waals surface area contributed by atoms with Crippen molar-refractivity contribution in [3.63, 3.8) is 0 Å².